The number of benzene rings is 2. The van der Waals surface area contributed by atoms with Crippen molar-refractivity contribution < 1.29 is 19.1 Å². The second kappa shape index (κ2) is 9.83. The number of hydrogen-bond donors (Lipinski definition) is 1. The van der Waals surface area contributed by atoms with Crippen LogP contribution in [0.15, 0.2) is 42.5 Å². The van der Waals surface area contributed by atoms with Crippen LogP contribution in [0.1, 0.15) is 23.7 Å². The Morgan fingerprint density at radius 3 is 2.59 bits per heavy atom. The molecule has 2 amide bonds. The number of nitrogens with one attached hydrogen (secondary N) is 1. The number of carbonyl (C=O) groups excluding carboxylic acids is 2. The quantitative estimate of drug-likeness (QED) is 0.743. The smallest absolute Gasteiger partial charge is 0.255 e. The summed E-state index contributed by atoms with van der Waals surface area (Å²) in [5.74, 6) is 0.953. The Balaban J connectivity index is 2.01. The largest absolute Gasteiger partial charge is 0.497 e. The molecule has 7 heteroatoms. The van der Waals surface area contributed by atoms with Crippen molar-refractivity contribution in [1.82, 2.24) is 4.90 Å². The Morgan fingerprint density at radius 1 is 1.15 bits per heavy atom. The first-order valence-corrected chi connectivity index (χ1v) is 8.94. The summed E-state index contributed by atoms with van der Waals surface area (Å²) in [4.78, 5) is 26.0. The molecule has 0 aliphatic carbocycles. The van der Waals surface area contributed by atoms with Gasteiger partial charge >= 0.3 is 0 Å². The minimum atomic E-state index is -0.229. The Labute approximate surface area is 164 Å². The fourth-order valence-electron chi connectivity index (χ4n) is 2.34. The van der Waals surface area contributed by atoms with Crippen LogP contribution in [0.5, 0.6) is 11.5 Å². The standard InChI is InChI=1S/C20H23ClN2O4/c1-4-19(24)22-18-12-14(21)8-9-17(18)20(25)23(2)10-11-27-16-7-5-6-15(13-16)26-3/h5-9,12-13H,4,10-11H2,1-3H3,(H,22,24). The lowest BCUT2D eigenvalue weighted by Gasteiger charge is -2.20. The maximum atomic E-state index is 12.7. The molecule has 1 N–H and O–H groups in total. The minimum absolute atomic E-state index is 0.185. The minimum Gasteiger partial charge on any atom is -0.497 e. The van der Waals surface area contributed by atoms with Gasteiger partial charge in [-0.2, -0.15) is 0 Å². The number of hydrogen-bond acceptors (Lipinski definition) is 4. The van der Waals surface area contributed by atoms with E-state index in [4.69, 9.17) is 21.1 Å². The average molecular weight is 391 g/mol. The van der Waals surface area contributed by atoms with Crippen molar-refractivity contribution in [3.8, 4) is 11.5 Å². The summed E-state index contributed by atoms with van der Waals surface area (Å²) in [5, 5.41) is 3.16. The third-order valence-electron chi connectivity index (χ3n) is 3.89. The van der Waals surface area contributed by atoms with Crippen LogP contribution in [-0.4, -0.2) is 44.0 Å². The highest BCUT2D eigenvalue weighted by Gasteiger charge is 2.17. The summed E-state index contributed by atoms with van der Waals surface area (Å²) in [6.45, 7) is 2.43. The third kappa shape index (κ3) is 5.89. The molecule has 0 saturated carbocycles. The van der Waals surface area contributed by atoms with Crippen LogP contribution in [0.25, 0.3) is 0 Å². The van der Waals surface area contributed by atoms with Crippen LogP contribution < -0.4 is 14.8 Å². The van der Waals surface area contributed by atoms with Gasteiger partial charge in [0, 0.05) is 24.6 Å². The van der Waals surface area contributed by atoms with Crippen molar-refractivity contribution in [2.45, 2.75) is 13.3 Å². The number of ether oxygens (including phenoxy) is 2. The first-order valence-electron chi connectivity index (χ1n) is 8.56. The van der Waals surface area contributed by atoms with E-state index in [-0.39, 0.29) is 11.8 Å². The number of rotatable bonds is 8. The third-order valence-corrected chi connectivity index (χ3v) is 4.13. The second-order valence-corrected chi connectivity index (χ2v) is 6.28. The predicted octanol–water partition coefficient (Wildman–Crippen LogP) is 3.85. The first kappa shape index (κ1) is 20.6. The normalized spacial score (nSPS) is 10.2. The zero-order valence-corrected chi connectivity index (χ0v) is 16.4. The van der Waals surface area contributed by atoms with Crippen molar-refractivity contribution in [1.29, 1.82) is 0 Å². The lowest BCUT2D eigenvalue weighted by atomic mass is 10.1. The highest BCUT2D eigenvalue weighted by molar-refractivity contribution is 6.31. The molecule has 2 rings (SSSR count). The van der Waals surface area contributed by atoms with Crippen molar-refractivity contribution >= 4 is 29.1 Å². The maximum absolute atomic E-state index is 12.7. The zero-order chi connectivity index (χ0) is 19.8. The fraction of sp³-hybridized carbons (Fsp3) is 0.300. The van der Waals surface area contributed by atoms with Crippen LogP contribution >= 0.6 is 11.6 Å². The maximum Gasteiger partial charge on any atom is 0.255 e. The molecule has 2 aromatic carbocycles. The lowest BCUT2D eigenvalue weighted by Crippen LogP contribution is -2.31. The van der Waals surface area contributed by atoms with Crippen LogP contribution in [0.3, 0.4) is 0 Å². The van der Waals surface area contributed by atoms with Gasteiger partial charge in [-0.1, -0.05) is 24.6 Å². The molecule has 0 aliphatic rings. The van der Waals surface area contributed by atoms with E-state index in [1.807, 2.05) is 18.2 Å². The van der Waals surface area contributed by atoms with Crippen LogP contribution in [0, 0.1) is 0 Å². The number of amides is 2. The summed E-state index contributed by atoms with van der Waals surface area (Å²) in [6.07, 6.45) is 0.310. The highest BCUT2D eigenvalue weighted by atomic mass is 35.5. The molecule has 0 atom stereocenters. The molecule has 0 aliphatic heterocycles. The van der Waals surface area contributed by atoms with Gasteiger partial charge in [-0.05, 0) is 30.3 Å². The van der Waals surface area contributed by atoms with Crippen molar-refractivity contribution in [3.63, 3.8) is 0 Å². The van der Waals surface area contributed by atoms with Gasteiger partial charge in [0.1, 0.15) is 18.1 Å². The fourth-order valence-corrected chi connectivity index (χ4v) is 2.52. The number of likely N-dealkylation sites (N-methyl/N-ethyl adjacent to an activating group) is 1. The van der Waals surface area contributed by atoms with E-state index in [1.165, 1.54) is 4.90 Å². The van der Waals surface area contributed by atoms with E-state index in [9.17, 15) is 9.59 Å². The van der Waals surface area contributed by atoms with Crippen LogP contribution in [-0.2, 0) is 4.79 Å². The van der Waals surface area contributed by atoms with E-state index in [0.29, 0.717) is 47.3 Å². The number of carbonyl (C=O) groups is 2. The number of nitrogens with zero attached hydrogens (tertiary/aromatic N) is 1. The number of anilines is 1. The number of halogens is 1. The summed E-state index contributed by atoms with van der Waals surface area (Å²) in [6, 6.07) is 12.1. The van der Waals surface area contributed by atoms with E-state index < -0.39 is 0 Å². The zero-order valence-electron chi connectivity index (χ0n) is 15.6. The topological polar surface area (TPSA) is 67.9 Å². The monoisotopic (exact) mass is 390 g/mol. The molecule has 0 spiro atoms. The molecule has 2 aromatic rings. The Bertz CT molecular complexity index is 810. The highest BCUT2D eigenvalue weighted by Crippen LogP contribution is 2.23. The van der Waals surface area contributed by atoms with Crippen molar-refractivity contribution in [3.05, 3.63) is 53.1 Å². The van der Waals surface area contributed by atoms with E-state index in [1.54, 1.807) is 45.3 Å². The lowest BCUT2D eigenvalue weighted by molar-refractivity contribution is -0.115. The Kier molecular flexibility index (Phi) is 7.49. The molecule has 0 unspecified atom stereocenters. The molecular weight excluding hydrogens is 368 g/mol. The van der Waals surface area contributed by atoms with Crippen LogP contribution in [0.4, 0.5) is 5.69 Å². The average Bonchev–Trinajstić information content (AvgIpc) is 2.67. The first-order chi connectivity index (χ1) is 12.9. The molecule has 0 heterocycles. The summed E-state index contributed by atoms with van der Waals surface area (Å²) >= 11 is 6.00. The van der Waals surface area contributed by atoms with Gasteiger partial charge in [-0.3, -0.25) is 9.59 Å². The number of methoxy groups -OCH3 is 1. The molecule has 6 nitrogen and oxygen atoms in total. The Hall–Kier alpha value is -2.73. The Morgan fingerprint density at radius 2 is 1.89 bits per heavy atom. The SMILES string of the molecule is CCC(=O)Nc1cc(Cl)ccc1C(=O)N(C)CCOc1cccc(OC)c1. The van der Waals surface area contributed by atoms with Gasteiger partial charge in [0.2, 0.25) is 5.91 Å². The second-order valence-electron chi connectivity index (χ2n) is 5.85. The van der Waals surface area contributed by atoms with E-state index in [0.717, 1.165) is 0 Å². The summed E-state index contributed by atoms with van der Waals surface area (Å²) in [5.41, 5.74) is 0.782. The van der Waals surface area contributed by atoms with E-state index >= 15 is 0 Å². The molecule has 0 radical (unpaired) electrons. The van der Waals surface area contributed by atoms with Gasteiger partial charge in [0.15, 0.2) is 0 Å². The molecule has 0 fully saturated rings. The summed E-state index contributed by atoms with van der Waals surface area (Å²) in [7, 11) is 3.27. The van der Waals surface area contributed by atoms with Crippen LogP contribution in [0.2, 0.25) is 5.02 Å². The van der Waals surface area contributed by atoms with Gasteiger partial charge < -0.3 is 19.7 Å². The van der Waals surface area contributed by atoms with Gasteiger partial charge in [0.05, 0.1) is 24.9 Å². The van der Waals surface area contributed by atoms with Gasteiger partial charge in [0.25, 0.3) is 5.91 Å². The predicted molar refractivity (Wildman–Crippen MR) is 106 cm³/mol. The molecule has 144 valence electrons. The molecule has 27 heavy (non-hydrogen) atoms. The molecular formula is C20H23ClN2O4. The molecule has 0 aromatic heterocycles. The molecule has 0 bridgehead atoms. The summed E-state index contributed by atoms with van der Waals surface area (Å²) < 4.78 is 10.8. The van der Waals surface area contributed by atoms with Gasteiger partial charge in [-0.15, -0.1) is 0 Å². The molecule has 0 saturated heterocycles. The van der Waals surface area contributed by atoms with E-state index in [2.05, 4.69) is 5.32 Å². The van der Waals surface area contributed by atoms with Gasteiger partial charge in [-0.25, -0.2) is 0 Å². The van der Waals surface area contributed by atoms with Crippen molar-refractivity contribution in [2.24, 2.45) is 0 Å². The van der Waals surface area contributed by atoms with Crippen molar-refractivity contribution in [2.75, 3.05) is 32.6 Å².